The van der Waals surface area contributed by atoms with Crippen molar-refractivity contribution in [1.82, 2.24) is 0 Å². The van der Waals surface area contributed by atoms with Gasteiger partial charge in [0.2, 0.25) is 0 Å². The second kappa shape index (κ2) is 13.5. The van der Waals surface area contributed by atoms with Crippen LogP contribution < -0.4 is 0 Å². The first kappa shape index (κ1) is 38.4. The lowest BCUT2D eigenvalue weighted by molar-refractivity contribution is 1.31. The van der Waals surface area contributed by atoms with Crippen LogP contribution in [0.2, 0.25) is 0 Å². The molecule has 62 heavy (non-hydrogen) atoms. The highest BCUT2D eigenvalue weighted by atomic mass is 14.4. The summed E-state index contributed by atoms with van der Waals surface area (Å²) in [4.78, 5) is 0. The van der Waals surface area contributed by atoms with Crippen molar-refractivity contribution in [2.75, 3.05) is 0 Å². The van der Waals surface area contributed by atoms with E-state index in [-0.39, 0.29) is 0 Å². The molecule has 0 N–H and O–H groups in total. The molecule has 2 aliphatic rings. The highest BCUT2D eigenvalue weighted by Gasteiger charge is 2.37. The maximum atomic E-state index is 2.50. The molecule has 9 aromatic rings. The van der Waals surface area contributed by atoms with Crippen molar-refractivity contribution in [2.24, 2.45) is 0 Å². The van der Waals surface area contributed by atoms with Crippen molar-refractivity contribution in [3.8, 4) is 89.0 Å². The number of benzene rings is 9. The average molecular weight is 799 g/mol. The van der Waals surface area contributed by atoms with Crippen molar-refractivity contribution in [2.45, 2.75) is 83.1 Å². The number of hydrogen-bond donors (Lipinski definition) is 0. The SMILES string of the molecule is Cc1cc(C)c(-c2ccc(-c3c(C)cc(C)cc3C)c3c2-c2ccc4c5c(ccc-3c25)-c2c-4c(-c3c(C)cc(C)cc3C)c3ccccc3c2-c2c(C)cc(C)cc2C)c(C)c1. The van der Waals surface area contributed by atoms with Crippen LogP contribution in [-0.4, -0.2) is 0 Å². The van der Waals surface area contributed by atoms with Crippen molar-refractivity contribution in [3.63, 3.8) is 0 Å². The second-order valence-electron chi connectivity index (χ2n) is 19.1. The minimum atomic E-state index is 1.31. The van der Waals surface area contributed by atoms with Gasteiger partial charge in [-0.1, -0.05) is 131 Å². The number of fused-ring (bicyclic) bond motifs is 7. The Bertz CT molecular complexity index is 3190. The Labute approximate surface area is 368 Å². The smallest absolute Gasteiger partial charge is 0.000720 e. The summed E-state index contributed by atoms with van der Waals surface area (Å²) in [6, 6.07) is 43.0. The Morgan fingerprint density at radius 2 is 0.452 bits per heavy atom. The maximum absolute atomic E-state index is 2.50. The zero-order valence-electron chi connectivity index (χ0n) is 38.4. The fourth-order valence-electron chi connectivity index (χ4n) is 12.8. The first-order valence-corrected chi connectivity index (χ1v) is 22.4. The molecule has 0 amide bonds. The van der Waals surface area contributed by atoms with E-state index >= 15 is 0 Å². The van der Waals surface area contributed by atoms with Gasteiger partial charge in [0.05, 0.1) is 0 Å². The fraction of sp³-hybridized carbons (Fsp3) is 0.194. The molecule has 11 rings (SSSR count). The summed E-state index contributed by atoms with van der Waals surface area (Å²) in [5.74, 6) is 0. The lowest BCUT2D eigenvalue weighted by atomic mass is 9.78. The second-order valence-corrected chi connectivity index (χ2v) is 19.1. The molecule has 302 valence electrons. The van der Waals surface area contributed by atoms with Crippen molar-refractivity contribution in [1.29, 1.82) is 0 Å². The largest absolute Gasteiger partial charge is 0.0616 e. The molecule has 0 unspecified atom stereocenters. The Hall–Kier alpha value is -6.50. The summed E-state index contributed by atoms with van der Waals surface area (Å²) in [6.07, 6.45) is 0. The first-order chi connectivity index (χ1) is 29.7. The van der Waals surface area contributed by atoms with Gasteiger partial charge >= 0.3 is 0 Å². The number of hydrogen-bond acceptors (Lipinski definition) is 0. The molecule has 2 aliphatic carbocycles. The summed E-state index contributed by atoms with van der Waals surface area (Å²) >= 11 is 0. The lowest BCUT2D eigenvalue weighted by Gasteiger charge is -2.24. The van der Waals surface area contributed by atoms with Crippen LogP contribution in [0.25, 0.3) is 111 Å². The summed E-state index contributed by atoms with van der Waals surface area (Å²) in [5.41, 5.74) is 37.5. The maximum Gasteiger partial charge on any atom is -0.000720 e. The fourth-order valence-corrected chi connectivity index (χ4v) is 12.8. The molecule has 0 heterocycles. The van der Waals surface area contributed by atoms with E-state index in [1.54, 1.807) is 0 Å². The topological polar surface area (TPSA) is 0 Å². The van der Waals surface area contributed by atoms with Crippen LogP contribution in [0.15, 0.2) is 109 Å². The molecule has 0 bridgehead atoms. The lowest BCUT2D eigenvalue weighted by Crippen LogP contribution is -1.99. The molecule has 0 aromatic heterocycles. The monoisotopic (exact) mass is 798 g/mol. The van der Waals surface area contributed by atoms with Crippen molar-refractivity contribution >= 4 is 21.5 Å². The van der Waals surface area contributed by atoms with Crippen LogP contribution in [0, 0.1) is 83.1 Å². The predicted octanol–water partition coefficient (Wildman–Crippen LogP) is 17.7. The summed E-state index contributed by atoms with van der Waals surface area (Å²) in [5, 5.41) is 5.42. The van der Waals surface area contributed by atoms with E-state index < -0.39 is 0 Å². The molecule has 0 fully saturated rings. The van der Waals surface area contributed by atoms with Gasteiger partial charge in [-0.2, -0.15) is 0 Å². The van der Waals surface area contributed by atoms with Gasteiger partial charge in [-0.15, -0.1) is 0 Å². The van der Waals surface area contributed by atoms with Gasteiger partial charge in [-0.3, -0.25) is 0 Å². The van der Waals surface area contributed by atoms with Crippen molar-refractivity contribution < 1.29 is 0 Å². The van der Waals surface area contributed by atoms with E-state index in [1.165, 1.54) is 177 Å². The Morgan fingerprint density at radius 3 is 0.742 bits per heavy atom. The number of rotatable bonds is 4. The molecule has 9 aromatic carbocycles. The highest BCUT2D eigenvalue weighted by molar-refractivity contribution is 6.34. The predicted molar refractivity (Wildman–Crippen MR) is 269 cm³/mol. The van der Waals surface area contributed by atoms with Gasteiger partial charge in [-0.05, 0) is 238 Å². The van der Waals surface area contributed by atoms with Gasteiger partial charge in [0, 0.05) is 0 Å². The van der Waals surface area contributed by atoms with Gasteiger partial charge in [0.1, 0.15) is 0 Å². The van der Waals surface area contributed by atoms with E-state index in [2.05, 4.69) is 192 Å². The number of aryl methyl sites for hydroxylation is 12. The zero-order chi connectivity index (χ0) is 43.2. The Balaban J connectivity index is 1.33. The van der Waals surface area contributed by atoms with Crippen LogP contribution >= 0.6 is 0 Å². The van der Waals surface area contributed by atoms with Gasteiger partial charge < -0.3 is 0 Å². The van der Waals surface area contributed by atoms with Crippen LogP contribution in [0.5, 0.6) is 0 Å². The Morgan fingerprint density at radius 1 is 0.210 bits per heavy atom. The molecule has 0 radical (unpaired) electrons. The van der Waals surface area contributed by atoms with Gasteiger partial charge in [0.25, 0.3) is 0 Å². The molecule has 0 atom stereocenters. The van der Waals surface area contributed by atoms with Crippen LogP contribution in [0.4, 0.5) is 0 Å². The molecule has 0 nitrogen and oxygen atoms in total. The quantitative estimate of drug-likeness (QED) is 0.166. The third kappa shape index (κ3) is 5.26. The molecule has 0 saturated carbocycles. The molecular formula is C62H54. The van der Waals surface area contributed by atoms with Gasteiger partial charge in [0.15, 0.2) is 0 Å². The molecule has 0 heteroatoms. The van der Waals surface area contributed by atoms with E-state index in [4.69, 9.17) is 0 Å². The van der Waals surface area contributed by atoms with E-state index in [9.17, 15) is 0 Å². The standard InChI is InChI=1S/C62H54/c1-31-23-35(5)51(36(6)24-31)45-17-18-46(52-37(7)25-32(2)26-38(52)8)56-48-20-22-50-58-49(21-19-47(55(45)56)57(48)58)61-59(53-39(9)27-33(3)28-40(53)10)43-15-13-14-16-44(43)60(62(50)61)54-41(11)29-34(4)30-42(54)12/h13-30H,1-12H3. The van der Waals surface area contributed by atoms with Gasteiger partial charge in [-0.25, -0.2) is 0 Å². The molecule has 0 aliphatic heterocycles. The van der Waals surface area contributed by atoms with Crippen molar-refractivity contribution in [3.05, 3.63) is 176 Å². The molecule has 0 spiro atoms. The van der Waals surface area contributed by atoms with Crippen LogP contribution in [0.3, 0.4) is 0 Å². The minimum absolute atomic E-state index is 1.31. The van der Waals surface area contributed by atoms with Crippen LogP contribution in [0.1, 0.15) is 66.8 Å². The Kier molecular flexibility index (Phi) is 8.37. The first-order valence-electron chi connectivity index (χ1n) is 22.4. The summed E-state index contributed by atoms with van der Waals surface area (Å²) in [6.45, 7) is 27.3. The zero-order valence-corrected chi connectivity index (χ0v) is 38.4. The average Bonchev–Trinajstić information content (AvgIpc) is 3.71. The third-order valence-corrected chi connectivity index (χ3v) is 14.4. The summed E-state index contributed by atoms with van der Waals surface area (Å²) in [7, 11) is 0. The highest BCUT2D eigenvalue weighted by Crippen LogP contribution is 2.64. The van der Waals surface area contributed by atoms with E-state index in [1.807, 2.05) is 0 Å². The van der Waals surface area contributed by atoms with Crippen LogP contribution in [-0.2, 0) is 0 Å². The third-order valence-electron chi connectivity index (χ3n) is 14.4. The normalized spacial score (nSPS) is 12.2. The van der Waals surface area contributed by atoms with E-state index in [0.717, 1.165) is 0 Å². The summed E-state index contributed by atoms with van der Waals surface area (Å²) < 4.78 is 0. The molecule has 0 saturated heterocycles. The van der Waals surface area contributed by atoms with E-state index in [0.29, 0.717) is 0 Å². The minimum Gasteiger partial charge on any atom is -0.0616 e. The molecular weight excluding hydrogens is 745 g/mol.